The third kappa shape index (κ3) is 2.54. The SMILES string of the molecule is Cc1cc(C(=O)N2CCC[C@H]2c2nnc3n2CCCCC3)no1. The molecule has 0 spiro atoms. The van der Waals surface area contributed by atoms with Crippen LogP contribution in [-0.4, -0.2) is 37.3 Å². The minimum Gasteiger partial charge on any atom is -0.361 e. The smallest absolute Gasteiger partial charge is 0.276 e. The third-order valence-corrected chi connectivity index (χ3v) is 4.80. The number of amides is 1. The van der Waals surface area contributed by atoms with Crippen molar-refractivity contribution in [2.24, 2.45) is 0 Å². The number of aromatic nitrogens is 4. The van der Waals surface area contributed by atoms with E-state index in [9.17, 15) is 4.79 Å². The summed E-state index contributed by atoms with van der Waals surface area (Å²) in [5.74, 6) is 2.58. The molecule has 7 heteroatoms. The lowest BCUT2D eigenvalue weighted by Gasteiger charge is -2.23. The number of nitrogens with zero attached hydrogens (tertiary/aromatic N) is 5. The molecule has 0 aromatic carbocycles. The van der Waals surface area contributed by atoms with E-state index >= 15 is 0 Å². The third-order valence-electron chi connectivity index (χ3n) is 4.80. The van der Waals surface area contributed by atoms with Crippen LogP contribution in [0.15, 0.2) is 10.6 Å². The van der Waals surface area contributed by atoms with Crippen LogP contribution in [0.1, 0.15) is 66.0 Å². The Kier molecular flexibility index (Phi) is 3.63. The van der Waals surface area contributed by atoms with Crippen molar-refractivity contribution in [3.8, 4) is 0 Å². The van der Waals surface area contributed by atoms with Gasteiger partial charge in [0.2, 0.25) is 0 Å². The van der Waals surface area contributed by atoms with Crippen LogP contribution in [0.2, 0.25) is 0 Å². The summed E-state index contributed by atoms with van der Waals surface area (Å²) in [5, 5.41) is 12.7. The Hall–Kier alpha value is -2.18. The molecule has 2 aromatic heterocycles. The molecule has 4 heterocycles. The van der Waals surface area contributed by atoms with Gasteiger partial charge in [0.15, 0.2) is 11.5 Å². The van der Waals surface area contributed by atoms with E-state index in [1.54, 1.807) is 13.0 Å². The summed E-state index contributed by atoms with van der Waals surface area (Å²) in [6.07, 6.45) is 6.45. The van der Waals surface area contributed by atoms with Gasteiger partial charge in [-0.3, -0.25) is 4.79 Å². The van der Waals surface area contributed by atoms with Gasteiger partial charge in [-0.1, -0.05) is 11.6 Å². The zero-order valence-electron chi connectivity index (χ0n) is 13.4. The second-order valence-corrected chi connectivity index (χ2v) is 6.42. The van der Waals surface area contributed by atoms with Gasteiger partial charge < -0.3 is 14.0 Å². The van der Waals surface area contributed by atoms with Gasteiger partial charge in [-0.05, 0) is 32.6 Å². The molecule has 122 valence electrons. The van der Waals surface area contributed by atoms with Gasteiger partial charge in [0.25, 0.3) is 5.91 Å². The van der Waals surface area contributed by atoms with Crippen molar-refractivity contribution < 1.29 is 9.32 Å². The second kappa shape index (κ2) is 5.79. The second-order valence-electron chi connectivity index (χ2n) is 6.42. The lowest BCUT2D eigenvalue weighted by molar-refractivity contribution is 0.0716. The summed E-state index contributed by atoms with van der Waals surface area (Å²) in [6.45, 7) is 3.49. The van der Waals surface area contributed by atoms with Crippen molar-refractivity contribution in [1.29, 1.82) is 0 Å². The Balaban J connectivity index is 1.63. The Morgan fingerprint density at radius 3 is 2.96 bits per heavy atom. The molecule has 4 rings (SSSR count). The largest absolute Gasteiger partial charge is 0.361 e. The zero-order valence-corrected chi connectivity index (χ0v) is 13.4. The molecule has 0 N–H and O–H groups in total. The molecule has 1 saturated heterocycles. The van der Waals surface area contributed by atoms with Crippen LogP contribution in [0.4, 0.5) is 0 Å². The van der Waals surface area contributed by atoms with Crippen LogP contribution < -0.4 is 0 Å². The summed E-state index contributed by atoms with van der Waals surface area (Å²) in [6, 6.07) is 1.70. The lowest BCUT2D eigenvalue weighted by atomic mass is 10.2. The number of rotatable bonds is 2. The first-order valence-electron chi connectivity index (χ1n) is 8.40. The predicted molar refractivity (Wildman–Crippen MR) is 81.8 cm³/mol. The van der Waals surface area contributed by atoms with E-state index in [0.717, 1.165) is 50.4 Å². The number of likely N-dealkylation sites (tertiary alicyclic amines) is 1. The molecule has 1 amide bonds. The minimum atomic E-state index is -0.0738. The van der Waals surface area contributed by atoms with Crippen molar-refractivity contribution >= 4 is 5.91 Å². The van der Waals surface area contributed by atoms with Crippen molar-refractivity contribution in [3.63, 3.8) is 0 Å². The molecule has 0 aliphatic carbocycles. The van der Waals surface area contributed by atoms with Crippen molar-refractivity contribution in [2.45, 2.75) is 58.0 Å². The molecule has 23 heavy (non-hydrogen) atoms. The standard InChI is InChI=1S/C16H21N5O2/c1-11-10-12(19-23-11)16(22)20-9-5-6-13(20)15-18-17-14-7-3-2-4-8-21(14)15/h10,13H,2-9H2,1H3/t13-/m0/s1. The predicted octanol–water partition coefficient (Wildman–Crippen LogP) is 2.28. The van der Waals surface area contributed by atoms with Gasteiger partial charge in [0.1, 0.15) is 11.6 Å². The van der Waals surface area contributed by atoms with E-state index in [4.69, 9.17) is 4.52 Å². The molecule has 1 atom stereocenters. The molecule has 1 fully saturated rings. The molecular weight excluding hydrogens is 294 g/mol. The van der Waals surface area contributed by atoms with E-state index in [0.29, 0.717) is 11.5 Å². The highest BCUT2D eigenvalue weighted by atomic mass is 16.5. The maximum absolute atomic E-state index is 12.7. The van der Waals surface area contributed by atoms with Crippen LogP contribution in [0.3, 0.4) is 0 Å². The van der Waals surface area contributed by atoms with Gasteiger partial charge in [-0.15, -0.1) is 10.2 Å². The number of carbonyl (C=O) groups is 1. The zero-order chi connectivity index (χ0) is 15.8. The molecule has 0 unspecified atom stereocenters. The highest BCUT2D eigenvalue weighted by Gasteiger charge is 2.35. The molecule has 0 radical (unpaired) electrons. The van der Waals surface area contributed by atoms with Crippen molar-refractivity contribution in [2.75, 3.05) is 6.54 Å². The normalized spacial score (nSPS) is 21.3. The first-order valence-corrected chi connectivity index (χ1v) is 8.40. The highest BCUT2D eigenvalue weighted by molar-refractivity contribution is 5.92. The number of fused-ring (bicyclic) bond motifs is 1. The average Bonchev–Trinajstić information content (AvgIpc) is 3.23. The lowest BCUT2D eigenvalue weighted by Crippen LogP contribution is -2.32. The van der Waals surface area contributed by atoms with Crippen LogP contribution in [0, 0.1) is 6.92 Å². The maximum Gasteiger partial charge on any atom is 0.276 e. The molecule has 2 aromatic rings. The molecular formula is C16H21N5O2. The first-order chi connectivity index (χ1) is 11.2. The minimum absolute atomic E-state index is 0.00106. The van der Waals surface area contributed by atoms with Crippen LogP contribution in [0.25, 0.3) is 0 Å². The Morgan fingerprint density at radius 1 is 1.22 bits per heavy atom. The van der Waals surface area contributed by atoms with E-state index in [2.05, 4.69) is 19.9 Å². The van der Waals surface area contributed by atoms with Crippen LogP contribution >= 0.6 is 0 Å². The fourth-order valence-electron chi connectivity index (χ4n) is 3.65. The first kappa shape index (κ1) is 14.4. The van der Waals surface area contributed by atoms with E-state index in [1.165, 1.54) is 12.8 Å². The van der Waals surface area contributed by atoms with E-state index in [-0.39, 0.29) is 11.9 Å². The number of aryl methyl sites for hydroxylation is 2. The van der Waals surface area contributed by atoms with E-state index in [1.807, 2.05) is 4.90 Å². The number of hydrogen-bond donors (Lipinski definition) is 0. The van der Waals surface area contributed by atoms with Gasteiger partial charge >= 0.3 is 0 Å². The van der Waals surface area contributed by atoms with Gasteiger partial charge in [0, 0.05) is 25.6 Å². The summed E-state index contributed by atoms with van der Waals surface area (Å²) in [5.41, 5.74) is 0.380. The highest BCUT2D eigenvalue weighted by Crippen LogP contribution is 2.33. The van der Waals surface area contributed by atoms with Crippen molar-refractivity contribution in [3.05, 3.63) is 29.2 Å². The Bertz CT molecular complexity index is 720. The average molecular weight is 315 g/mol. The molecule has 2 aliphatic heterocycles. The van der Waals surface area contributed by atoms with Crippen molar-refractivity contribution in [1.82, 2.24) is 24.8 Å². The Labute approximate surface area is 134 Å². The van der Waals surface area contributed by atoms with Gasteiger partial charge in [0.05, 0.1) is 6.04 Å². The number of carbonyl (C=O) groups excluding carboxylic acids is 1. The molecule has 7 nitrogen and oxygen atoms in total. The van der Waals surface area contributed by atoms with Gasteiger partial charge in [-0.2, -0.15) is 0 Å². The van der Waals surface area contributed by atoms with E-state index < -0.39 is 0 Å². The monoisotopic (exact) mass is 315 g/mol. The molecule has 0 saturated carbocycles. The molecule has 0 bridgehead atoms. The Morgan fingerprint density at radius 2 is 2.13 bits per heavy atom. The maximum atomic E-state index is 12.7. The summed E-state index contributed by atoms with van der Waals surface area (Å²) in [7, 11) is 0. The number of hydrogen-bond acceptors (Lipinski definition) is 5. The van der Waals surface area contributed by atoms with Crippen LogP contribution in [0.5, 0.6) is 0 Å². The topological polar surface area (TPSA) is 77.1 Å². The quantitative estimate of drug-likeness (QED) is 0.849. The fourth-order valence-corrected chi connectivity index (χ4v) is 3.65. The fraction of sp³-hybridized carbons (Fsp3) is 0.625. The summed E-state index contributed by atoms with van der Waals surface area (Å²) >= 11 is 0. The van der Waals surface area contributed by atoms with Gasteiger partial charge in [-0.25, -0.2) is 0 Å². The summed E-state index contributed by atoms with van der Waals surface area (Å²) < 4.78 is 7.28. The summed E-state index contributed by atoms with van der Waals surface area (Å²) in [4.78, 5) is 14.6. The molecule has 2 aliphatic rings. The van der Waals surface area contributed by atoms with Crippen LogP contribution in [-0.2, 0) is 13.0 Å².